The number of aromatic nitrogens is 3. The Bertz CT molecular complexity index is 1010. The van der Waals surface area contributed by atoms with Crippen LogP contribution in [0.2, 0.25) is 0 Å². The van der Waals surface area contributed by atoms with E-state index in [0.717, 1.165) is 11.3 Å². The summed E-state index contributed by atoms with van der Waals surface area (Å²) in [5.41, 5.74) is 1.85. The van der Waals surface area contributed by atoms with E-state index in [1.165, 1.54) is 4.80 Å². The van der Waals surface area contributed by atoms with Crippen molar-refractivity contribution in [3.05, 3.63) is 77.6 Å². The number of carbonyl (C=O) groups excluding carboxylic acids is 2. The Morgan fingerprint density at radius 2 is 1.57 bits per heavy atom. The Labute approximate surface area is 176 Å². The van der Waals surface area contributed by atoms with E-state index >= 15 is 0 Å². The first-order valence-corrected chi connectivity index (χ1v) is 9.76. The van der Waals surface area contributed by atoms with Crippen LogP contribution in [0.15, 0.2) is 60.7 Å². The largest absolute Gasteiger partial charge is 0.451 e. The van der Waals surface area contributed by atoms with Gasteiger partial charge in [0.2, 0.25) is 0 Å². The van der Waals surface area contributed by atoms with Gasteiger partial charge in [0.1, 0.15) is 0 Å². The van der Waals surface area contributed by atoms with E-state index in [1.54, 1.807) is 11.8 Å². The Morgan fingerprint density at radius 1 is 0.967 bits per heavy atom. The highest BCUT2D eigenvalue weighted by Gasteiger charge is 2.28. The fourth-order valence-electron chi connectivity index (χ4n) is 2.98. The van der Waals surface area contributed by atoms with Gasteiger partial charge < -0.3 is 9.64 Å². The molecule has 0 saturated carbocycles. The zero-order valence-electron chi connectivity index (χ0n) is 17.7. The first-order chi connectivity index (χ1) is 14.3. The molecule has 3 aromatic rings. The maximum absolute atomic E-state index is 12.8. The fraction of sp³-hybridized carbons (Fsp3) is 0.304. The fourth-order valence-corrected chi connectivity index (χ4v) is 2.98. The molecule has 7 nitrogen and oxygen atoms in total. The van der Waals surface area contributed by atoms with Crippen molar-refractivity contribution in [3.63, 3.8) is 0 Å². The SMILES string of the molecule is Cc1nn(-c2ccccc2)nc1C(=O)OCC(=O)N(Cc1ccccc1)C(C)(C)C. The summed E-state index contributed by atoms with van der Waals surface area (Å²) in [6.07, 6.45) is 0. The number of para-hydroxylation sites is 1. The van der Waals surface area contributed by atoms with E-state index in [2.05, 4.69) is 10.2 Å². The lowest BCUT2D eigenvalue weighted by Gasteiger charge is -2.35. The molecule has 2 aromatic carbocycles. The summed E-state index contributed by atoms with van der Waals surface area (Å²) in [7, 11) is 0. The highest BCUT2D eigenvalue weighted by molar-refractivity contribution is 5.90. The monoisotopic (exact) mass is 406 g/mol. The molecule has 1 aromatic heterocycles. The van der Waals surface area contributed by atoms with Crippen LogP contribution < -0.4 is 0 Å². The molecular weight excluding hydrogens is 380 g/mol. The molecule has 0 atom stereocenters. The molecule has 1 heterocycles. The van der Waals surface area contributed by atoms with Crippen LogP contribution in [-0.4, -0.2) is 43.9 Å². The lowest BCUT2D eigenvalue weighted by Crippen LogP contribution is -2.46. The molecule has 156 valence electrons. The van der Waals surface area contributed by atoms with E-state index in [0.29, 0.717) is 12.2 Å². The van der Waals surface area contributed by atoms with E-state index in [1.807, 2.05) is 81.4 Å². The molecule has 0 aliphatic carbocycles. The number of hydrogen-bond donors (Lipinski definition) is 0. The Balaban J connectivity index is 1.68. The molecule has 0 unspecified atom stereocenters. The minimum absolute atomic E-state index is 0.0945. The zero-order chi connectivity index (χ0) is 21.7. The van der Waals surface area contributed by atoms with Gasteiger partial charge in [0.25, 0.3) is 5.91 Å². The van der Waals surface area contributed by atoms with E-state index in [-0.39, 0.29) is 18.2 Å². The van der Waals surface area contributed by atoms with Gasteiger partial charge >= 0.3 is 5.97 Å². The van der Waals surface area contributed by atoms with Crippen molar-refractivity contribution in [1.29, 1.82) is 0 Å². The van der Waals surface area contributed by atoms with Crippen LogP contribution in [-0.2, 0) is 16.1 Å². The summed E-state index contributed by atoms with van der Waals surface area (Å²) in [6, 6.07) is 19.0. The number of ether oxygens (including phenoxy) is 1. The normalized spacial score (nSPS) is 11.2. The predicted octanol–water partition coefficient (Wildman–Crippen LogP) is 3.56. The van der Waals surface area contributed by atoms with Crippen LogP contribution in [0.25, 0.3) is 5.69 Å². The molecule has 0 aliphatic heterocycles. The molecule has 3 rings (SSSR count). The molecule has 1 amide bonds. The molecular formula is C23H26N4O3. The molecule has 0 spiro atoms. The van der Waals surface area contributed by atoms with Crippen molar-refractivity contribution in [1.82, 2.24) is 19.9 Å². The summed E-state index contributed by atoms with van der Waals surface area (Å²) >= 11 is 0. The number of benzene rings is 2. The van der Waals surface area contributed by atoms with E-state index in [4.69, 9.17) is 4.74 Å². The van der Waals surface area contributed by atoms with Gasteiger partial charge in [-0.05, 0) is 45.4 Å². The third-order valence-electron chi connectivity index (χ3n) is 4.58. The minimum atomic E-state index is -0.670. The van der Waals surface area contributed by atoms with Crippen molar-refractivity contribution in [2.75, 3.05) is 6.61 Å². The summed E-state index contributed by atoms with van der Waals surface area (Å²) in [4.78, 5) is 28.5. The number of aryl methyl sites for hydroxylation is 1. The van der Waals surface area contributed by atoms with Crippen molar-refractivity contribution < 1.29 is 14.3 Å². The molecule has 0 fully saturated rings. The number of nitrogens with zero attached hydrogens (tertiary/aromatic N) is 4. The van der Waals surface area contributed by atoms with Crippen LogP contribution in [0.1, 0.15) is 42.5 Å². The Hall–Kier alpha value is -3.48. The second-order valence-electron chi connectivity index (χ2n) is 7.97. The van der Waals surface area contributed by atoms with Crippen molar-refractivity contribution in [2.45, 2.75) is 39.8 Å². The van der Waals surface area contributed by atoms with Crippen molar-refractivity contribution in [2.24, 2.45) is 0 Å². The maximum Gasteiger partial charge on any atom is 0.361 e. The highest BCUT2D eigenvalue weighted by Crippen LogP contribution is 2.18. The van der Waals surface area contributed by atoms with E-state index < -0.39 is 11.5 Å². The number of hydrogen-bond acceptors (Lipinski definition) is 5. The molecule has 0 N–H and O–H groups in total. The number of amides is 1. The maximum atomic E-state index is 12.8. The second kappa shape index (κ2) is 8.90. The lowest BCUT2D eigenvalue weighted by molar-refractivity contribution is -0.140. The van der Waals surface area contributed by atoms with E-state index in [9.17, 15) is 9.59 Å². The van der Waals surface area contributed by atoms with Gasteiger partial charge in [-0.3, -0.25) is 4.79 Å². The molecule has 7 heteroatoms. The smallest absolute Gasteiger partial charge is 0.361 e. The summed E-state index contributed by atoms with van der Waals surface area (Å²) in [5.74, 6) is -0.940. The standard InChI is InChI=1S/C23H26N4O3/c1-17-21(25-27(24-17)19-13-9-6-10-14-19)22(29)30-16-20(28)26(23(2,3)4)15-18-11-7-5-8-12-18/h5-14H,15-16H2,1-4H3. The number of esters is 1. The number of carbonyl (C=O) groups is 2. The van der Waals surface area contributed by atoms with Gasteiger partial charge in [0, 0.05) is 12.1 Å². The first kappa shape index (κ1) is 21.2. The van der Waals surface area contributed by atoms with Crippen molar-refractivity contribution >= 4 is 11.9 Å². The van der Waals surface area contributed by atoms with Gasteiger partial charge in [0.05, 0.1) is 11.4 Å². The summed E-state index contributed by atoms with van der Waals surface area (Å²) in [5, 5.41) is 8.49. The third-order valence-corrected chi connectivity index (χ3v) is 4.58. The molecule has 0 saturated heterocycles. The van der Waals surface area contributed by atoms with Crippen LogP contribution in [0, 0.1) is 6.92 Å². The zero-order valence-corrected chi connectivity index (χ0v) is 17.7. The van der Waals surface area contributed by atoms with Crippen LogP contribution in [0.4, 0.5) is 0 Å². The third kappa shape index (κ3) is 5.11. The molecule has 0 aliphatic rings. The van der Waals surface area contributed by atoms with Gasteiger partial charge in [-0.2, -0.15) is 9.90 Å². The van der Waals surface area contributed by atoms with Gasteiger partial charge in [-0.25, -0.2) is 4.79 Å². The quantitative estimate of drug-likeness (QED) is 0.585. The Morgan fingerprint density at radius 3 is 2.17 bits per heavy atom. The number of rotatable bonds is 6. The average Bonchev–Trinajstić information content (AvgIpc) is 3.12. The van der Waals surface area contributed by atoms with Crippen LogP contribution >= 0.6 is 0 Å². The van der Waals surface area contributed by atoms with Gasteiger partial charge in [0.15, 0.2) is 12.3 Å². The lowest BCUT2D eigenvalue weighted by atomic mass is 10.0. The highest BCUT2D eigenvalue weighted by atomic mass is 16.5. The predicted molar refractivity (Wildman–Crippen MR) is 113 cm³/mol. The first-order valence-electron chi connectivity index (χ1n) is 9.76. The van der Waals surface area contributed by atoms with Crippen LogP contribution in [0.5, 0.6) is 0 Å². The van der Waals surface area contributed by atoms with Crippen molar-refractivity contribution in [3.8, 4) is 5.69 Å². The summed E-state index contributed by atoms with van der Waals surface area (Å²) in [6.45, 7) is 7.61. The minimum Gasteiger partial charge on any atom is -0.451 e. The van der Waals surface area contributed by atoms with Gasteiger partial charge in [-0.1, -0.05) is 48.5 Å². The van der Waals surface area contributed by atoms with Gasteiger partial charge in [-0.15, -0.1) is 5.10 Å². The second-order valence-corrected chi connectivity index (χ2v) is 7.97. The molecule has 0 radical (unpaired) electrons. The summed E-state index contributed by atoms with van der Waals surface area (Å²) < 4.78 is 5.29. The molecule has 0 bridgehead atoms. The average molecular weight is 406 g/mol. The topological polar surface area (TPSA) is 77.3 Å². The van der Waals surface area contributed by atoms with Crippen LogP contribution in [0.3, 0.4) is 0 Å². The molecule has 30 heavy (non-hydrogen) atoms. The Kier molecular flexibility index (Phi) is 6.30.